The Hall–Kier alpha value is -0.796. The first-order valence-corrected chi connectivity index (χ1v) is 25.0. The third kappa shape index (κ3) is 8.08. The molecule has 268 valence electrons. The molecular formula is C41H72O4Si2. The smallest absolute Gasteiger partial charge is 0.192 e. The van der Waals surface area contributed by atoms with Crippen LogP contribution < -0.4 is 0 Å². The van der Waals surface area contributed by atoms with Crippen LogP contribution in [0.3, 0.4) is 0 Å². The summed E-state index contributed by atoms with van der Waals surface area (Å²) in [5.41, 5.74) is 4.05. The van der Waals surface area contributed by atoms with Crippen molar-refractivity contribution < 1.29 is 18.8 Å². The highest BCUT2D eigenvalue weighted by Gasteiger charge is 2.53. The van der Waals surface area contributed by atoms with Gasteiger partial charge in [-0.15, -0.1) is 0 Å². The normalized spacial score (nSPS) is 33.2. The molecule has 6 heteroatoms. The first-order valence-electron chi connectivity index (χ1n) is 19.1. The van der Waals surface area contributed by atoms with Crippen molar-refractivity contribution in [2.24, 2.45) is 28.6 Å². The van der Waals surface area contributed by atoms with Crippen LogP contribution in [0.25, 0.3) is 0 Å². The molecular weight excluding hydrogens is 613 g/mol. The Morgan fingerprint density at radius 3 is 2.15 bits per heavy atom. The molecule has 0 heterocycles. The maximum Gasteiger partial charge on any atom is 0.192 e. The monoisotopic (exact) mass is 684 g/mol. The Balaban J connectivity index is 1.56. The number of aliphatic hydroxyl groups is 1. The van der Waals surface area contributed by atoms with Crippen LogP contribution >= 0.6 is 0 Å². The van der Waals surface area contributed by atoms with Crippen molar-refractivity contribution in [3.8, 4) is 0 Å². The van der Waals surface area contributed by atoms with Gasteiger partial charge < -0.3 is 14.0 Å². The first-order chi connectivity index (χ1) is 21.5. The van der Waals surface area contributed by atoms with Gasteiger partial charge >= 0.3 is 0 Å². The zero-order valence-corrected chi connectivity index (χ0v) is 34.8. The van der Waals surface area contributed by atoms with Crippen molar-refractivity contribution in [2.45, 2.75) is 188 Å². The van der Waals surface area contributed by atoms with Crippen molar-refractivity contribution in [1.29, 1.82) is 0 Å². The summed E-state index contributed by atoms with van der Waals surface area (Å²) >= 11 is 0. The molecule has 0 aromatic rings. The minimum absolute atomic E-state index is 0.0101. The molecule has 4 saturated carbocycles. The van der Waals surface area contributed by atoms with E-state index >= 15 is 0 Å². The predicted molar refractivity (Wildman–Crippen MR) is 204 cm³/mol. The number of aliphatic hydroxyl groups excluding tert-OH is 1. The summed E-state index contributed by atoms with van der Waals surface area (Å²) in [6, 6.07) is 0. The molecule has 4 nitrogen and oxygen atoms in total. The van der Waals surface area contributed by atoms with E-state index in [1.54, 1.807) is 5.57 Å². The lowest BCUT2D eigenvalue weighted by Crippen LogP contribution is -2.49. The Labute approximate surface area is 291 Å². The van der Waals surface area contributed by atoms with Crippen LogP contribution in [0.15, 0.2) is 35.5 Å². The average molecular weight is 685 g/mol. The van der Waals surface area contributed by atoms with E-state index in [1.807, 2.05) is 0 Å². The number of hydrogen-bond acceptors (Lipinski definition) is 4. The molecule has 0 spiro atoms. The average Bonchev–Trinajstić information content (AvgIpc) is 3.67. The van der Waals surface area contributed by atoms with Crippen LogP contribution in [0, 0.1) is 28.6 Å². The zero-order chi connectivity index (χ0) is 35.4. The third-order valence-corrected chi connectivity index (χ3v) is 23.6. The second-order valence-corrected chi connectivity index (χ2v) is 29.1. The summed E-state index contributed by atoms with van der Waals surface area (Å²) in [4.78, 5) is 13.1. The van der Waals surface area contributed by atoms with Crippen LogP contribution in [0.4, 0.5) is 0 Å². The molecule has 0 aliphatic heterocycles. The Kier molecular flexibility index (Phi) is 11.4. The van der Waals surface area contributed by atoms with E-state index in [0.717, 1.165) is 50.5 Å². The predicted octanol–water partition coefficient (Wildman–Crippen LogP) is 11.3. The number of carbonyl (C=O) groups is 1. The van der Waals surface area contributed by atoms with Crippen molar-refractivity contribution in [3.05, 3.63) is 35.5 Å². The van der Waals surface area contributed by atoms with Gasteiger partial charge in [0.05, 0.1) is 18.3 Å². The van der Waals surface area contributed by atoms with Gasteiger partial charge in [0.25, 0.3) is 0 Å². The van der Waals surface area contributed by atoms with E-state index in [0.29, 0.717) is 24.0 Å². The van der Waals surface area contributed by atoms with E-state index in [9.17, 15) is 9.90 Å². The van der Waals surface area contributed by atoms with Crippen molar-refractivity contribution in [2.75, 3.05) is 0 Å². The standard InChI is InChI=1S/C41H72O4Si2/c1-15-41(23-24-41)37(43)27-35(42)29(3)33-20-21-34-30(17-16-22-40(33,34)10)18-19-31-25-32(44-46(11,12)38(4,5)6)26-36(28(31)2)45-47(13,14)39(7,8)9/h18-19,29,32-36,42H,2,15-17,20-27H2,1,3-14H3/t29-,32+,33+,34-,35?,36-,40+/m0/s1. The lowest BCUT2D eigenvalue weighted by atomic mass is 9.60. The molecule has 4 rings (SSSR count). The van der Waals surface area contributed by atoms with Crippen LogP contribution in [0.2, 0.25) is 36.3 Å². The lowest BCUT2D eigenvalue weighted by molar-refractivity contribution is -0.127. The van der Waals surface area contributed by atoms with Crippen molar-refractivity contribution in [3.63, 3.8) is 0 Å². The molecule has 4 aliphatic rings. The number of allylic oxidation sites excluding steroid dienone is 3. The molecule has 4 fully saturated rings. The zero-order valence-electron chi connectivity index (χ0n) is 32.8. The number of fused-ring (bicyclic) bond motifs is 1. The molecule has 1 N–H and O–H groups in total. The van der Waals surface area contributed by atoms with Crippen LogP contribution in [-0.4, -0.2) is 45.8 Å². The number of ketones is 1. The number of rotatable bonds is 11. The molecule has 0 bridgehead atoms. The van der Waals surface area contributed by atoms with Gasteiger partial charge in [-0.3, -0.25) is 4.79 Å². The molecule has 1 unspecified atom stereocenters. The Morgan fingerprint density at radius 1 is 1.00 bits per heavy atom. The summed E-state index contributed by atoms with van der Waals surface area (Å²) in [7, 11) is -3.97. The number of hydrogen-bond donors (Lipinski definition) is 1. The van der Waals surface area contributed by atoms with E-state index in [-0.39, 0.29) is 39.0 Å². The van der Waals surface area contributed by atoms with Gasteiger partial charge in [0.2, 0.25) is 0 Å². The summed E-state index contributed by atoms with van der Waals surface area (Å²) in [5.74, 6) is 1.41. The van der Waals surface area contributed by atoms with Crippen LogP contribution in [0.1, 0.15) is 133 Å². The van der Waals surface area contributed by atoms with E-state index < -0.39 is 22.7 Å². The topological polar surface area (TPSA) is 55.8 Å². The highest BCUT2D eigenvalue weighted by molar-refractivity contribution is 6.74. The molecule has 0 aromatic heterocycles. The molecule has 0 amide bonds. The Bertz CT molecular complexity index is 1230. The highest BCUT2D eigenvalue weighted by atomic mass is 28.4. The lowest BCUT2D eigenvalue weighted by Gasteiger charge is -2.46. The minimum atomic E-state index is -2.01. The van der Waals surface area contributed by atoms with E-state index in [1.165, 1.54) is 24.8 Å². The summed E-state index contributed by atoms with van der Waals surface area (Å²) in [6.07, 6.45) is 15.3. The highest BCUT2D eigenvalue weighted by Crippen LogP contribution is 2.60. The molecule has 0 aromatic carbocycles. The fourth-order valence-corrected chi connectivity index (χ4v) is 11.4. The van der Waals surface area contributed by atoms with Gasteiger partial charge in [-0.25, -0.2) is 0 Å². The van der Waals surface area contributed by atoms with Gasteiger partial charge in [0.15, 0.2) is 16.6 Å². The van der Waals surface area contributed by atoms with Gasteiger partial charge in [-0.2, -0.15) is 0 Å². The summed E-state index contributed by atoms with van der Waals surface area (Å²) in [5, 5.41) is 11.6. The molecule has 47 heavy (non-hydrogen) atoms. The first kappa shape index (κ1) is 39.0. The van der Waals surface area contributed by atoms with Crippen molar-refractivity contribution >= 4 is 22.4 Å². The van der Waals surface area contributed by atoms with Gasteiger partial charge in [0.1, 0.15) is 5.78 Å². The minimum Gasteiger partial charge on any atom is -0.413 e. The third-order valence-electron chi connectivity index (χ3n) is 14.5. The SMILES string of the molecule is C=C1C(=CC=C2CCC[C@]3(C)[C@@H]([C@H](C)C(O)CC(=O)C4(CC)CC4)CC[C@@H]23)C[C@@H](O[Si](C)(C)C(C)(C)C)C[C@@H]1O[Si](C)(C)C(C)(C)C. The van der Waals surface area contributed by atoms with Gasteiger partial charge in [0, 0.05) is 18.3 Å². The molecule has 0 saturated heterocycles. The summed E-state index contributed by atoms with van der Waals surface area (Å²) < 4.78 is 14.2. The quantitative estimate of drug-likeness (QED) is 0.220. The van der Waals surface area contributed by atoms with Crippen LogP contribution in [-0.2, 0) is 13.6 Å². The van der Waals surface area contributed by atoms with Crippen molar-refractivity contribution in [1.82, 2.24) is 0 Å². The molecule has 7 atom stereocenters. The van der Waals surface area contributed by atoms with Crippen LogP contribution in [0.5, 0.6) is 0 Å². The second kappa shape index (κ2) is 13.7. The summed E-state index contributed by atoms with van der Waals surface area (Å²) in [6.45, 7) is 34.9. The fraction of sp³-hybridized carbons (Fsp3) is 0.829. The molecule has 4 aliphatic carbocycles. The Morgan fingerprint density at radius 2 is 1.60 bits per heavy atom. The van der Waals surface area contributed by atoms with Gasteiger partial charge in [-0.05, 0) is 128 Å². The number of carbonyl (C=O) groups excluding carboxylic acids is 1. The van der Waals surface area contributed by atoms with E-state index in [4.69, 9.17) is 8.85 Å². The molecule has 0 radical (unpaired) electrons. The van der Waals surface area contributed by atoms with E-state index in [2.05, 4.69) is 107 Å². The second-order valence-electron chi connectivity index (χ2n) is 19.5. The van der Waals surface area contributed by atoms with Gasteiger partial charge in [-0.1, -0.05) is 86.6 Å². The maximum atomic E-state index is 13.1. The fourth-order valence-electron chi connectivity index (χ4n) is 8.75. The largest absolute Gasteiger partial charge is 0.413 e. The number of Topliss-reactive ketones (excluding diaryl/α,β-unsaturated/α-hetero) is 1. The maximum absolute atomic E-state index is 13.1.